The minimum atomic E-state index is -2.99. The van der Waals surface area contributed by atoms with Crippen molar-refractivity contribution < 1.29 is 13.5 Å². The molecule has 1 rings (SSSR count). The van der Waals surface area contributed by atoms with E-state index in [1.165, 1.54) is 10.6 Å². The van der Waals surface area contributed by atoms with Gasteiger partial charge in [-0.25, -0.2) is 12.7 Å². The zero-order valence-corrected chi connectivity index (χ0v) is 6.63. The highest BCUT2D eigenvalue weighted by atomic mass is 32.2. The summed E-state index contributed by atoms with van der Waals surface area (Å²) >= 11 is 0. The van der Waals surface area contributed by atoms with E-state index >= 15 is 0 Å². The normalized spacial score (nSPS) is 22.6. The van der Waals surface area contributed by atoms with Gasteiger partial charge in [-0.3, -0.25) is 0 Å². The summed E-state index contributed by atoms with van der Waals surface area (Å²) in [7, 11) is -2.99. The molecule has 4 nitrogen and oxygen atoms in total. The first kappa shape index (κ1) is 7.97. The van der Waals surface area contributed by atoms with Gasteiger partial charge in [0.1, 0.15) is 0 Å². The third-order valence-corrected chi connectivity index (χ3v) is 2.89. The van der Waals surface area contributed by atoms with Crippen molar-refractivity contribution in [2.24, 2.45) is 5.92 Å². The Bertz CT molecular complexity index is 205. The highest BCUT2D eigenvalue weighted by Gasteiger charge is 2.32. The Morgan fingerprint density at radius 1 is 1.60 bits per heavy atom. The van der Waals surface area contributed by atoms with Crippen LogP contribution in [0.25, 0.3) is 0 Å². The molecule has 10 heavy (non-hydrogen) atoms. The van der Waals surface area contributed by atoms with Gasteiger partial charge in [-0.2, -0.15) is 0 Å². The van der Waals surface area contributed by atoms with Gasteiger partial charge in [0.05, 0.1) is 6.26 Å². The van der Waals surface area contributed by atoms with Gasteiger partial charge in [-0.1, -0.05) is 0 Å². The van der Waals surface area contributed by atoms with Crippen molar-refractivity contribution in [3.05, 3.63) is 0 Å². The average molecular weight is 165 g/mol. The van der Waals surface area contributed by atoms with E-state index in [0.717, 1.165) is 0 Å². The number of hydrogen-bond donors (Lipinski definition) is 1. The van der Waals surface area contributed by atoms with E-state index < -0.39 is 10.0 Å². The van der Waals surface area contributed by atoms with Crippen molar-refractivity contribution in [1.29, 1.82) is 0 Å². The summed E-state index contributed by atoms with van der Waals surface area (Å²) < 4.78 is 22.8. The Balaban J connectivity index is 2.41. The monoisotopic (exact) mass is 165 g/mol. The minimum absolute atomic E-state index is 0.0893. The predicted molar refractivity (Wildman–Crippen MR) is 37.0 cm³/mol. The van der Waals surface area contributed by atoms with Crippen molar-refractivity contribution in [1.82, 2.24) is 4.31 Å². The Kier molecular flexibility index (Phi) is 1.98. The fourth-order valence-electron chi connectivity index (χ4n) is 0.909. The largest absolute Gasteiger partial charge is 0.396 e. The van der Waals surface area contributed by atoms with Crippen molar-refractivity contribution in [3.8, 4) is 0 Å². The summed E-state index contributed by atoms with van der Waals surface area (Å²) in [6, 6.07) is 0. The number of nitrogens with zero attached hydrogens (tertiary/aromatic N) is 1. The molecule has 0 aromatic heterocycles. The molecule has 0 aromatic carbocycles. The smallest absolute Gasteiger partial charge is 0.211 e. The highest BCUT2D eigenvalue weighted by Crippen LogP contribution is 2.17. The maximum atomic E-state index is 10.7. The quantitative estimate of drug-likeness (QED) is 0.563. The zero-order chi connectivity index (χ0) is 7.78. The number of sulfonamides is 1. The average Bonchev–Trinajstić information content (AvgIpc) is 1.57. The second-order valence-corrected chi connectivity index (χ2v) is 4.61. The summed E-state index contributed by atoms with van der Waals surface area (Å²) in [5.74, 6) is 0.162. The molecule has 60 valence electrons. The van der Waals surface area contributed by atoms with Crippen LogP contribution in [0.3, 0.4) is 0 Å². The molecule has 0 bridgehead atoms. The Hall–Kier alpha value is -0.130. The number of rotatable bonds is 2. The molecule has 0 aromatic rings. The third-order valence-electron chi connectivity index (χ3n) is 1.65. The van der Waals surface area contributed by atoms with E-state index in [4.69, 9.17) is 5.11 Å². The maximum absolute atomic E-state index is 10.7. The molecule has 1 N–H and O–H groups in total. The Labute approximate surface area is 60.5 Å². The molecule has 1 aliphatic rings. The van der Waals surface area contributed by atoms with Crippen LogP contribution >= 0.6 is 0 Å². The van der Waals surface area contributed by atoms with Crippen molar-refractivity contribution in [3.63, 3.8) is 0 Å². The van der Waals surface area contributed by atoms with Gasteiger partial charge in [0, 0.05) is 25.6 Å². The topological polar surface area (TPSA) is 57.6 Å². The molecule has 0 amide bonds. The van der Waals surface area contributed by atoms with Crippen LogP contribution in [0.4, 0.5) is 0 Å². The molecule has 0 aliphatic carbocycles. The summed E-state index contributed by atoms with van der Waals surface area (Å²) in [6.45, 7) is 1.05. The van der Waals surface area contributed by atoms with Gasteiger partial charge in [-0.05, 0) is 0 Å². The van der Waals surface area contributed by atoms with Crippen LogP contribution in [-0.4, -0.2) is 43.8 Å². The van der Waals surface area contributed by atoms with Gasteiger partial charge in [0.2, 0.25) is 10.0 Å². The number of hydrogen-bond acceptors (Lipinski definition) is 3. The third kappa shape index (κ3) is 1.47. The molecule has 1 fully saturated rings. The van der Waals surface area contributed by atoms with Crippen LogP contribution in [0.15, 0.2) is 0 Å². The van der Waals surface area contributed by atoms with Crippen LogP contribution in [0.5, 0.6) is 0 Å². The second-order valence-electron chi connectivity index (χ2n) is 2.63. The molecule has 0 atom stereocenters. The van der Waals surface area contributed by atoms with Gasteiger partial charge < -0.3 is 5.11 Å². The van der Waals surface area contributed by atoms with Gasteiger partial charge in [-0.15, -0.1) is 0 Å². The van der Waals surface area contributed by atoms with E-state index in [2.05, 4.69) is 0 Å². The molecule has 0 spiro atoms. The van der Waals surface area contributed by atoms with Crippen LogP contribution < -0.4 is 0 Å². The Morgan fingerprint density at radius 2 is 2.10 bits per heavy atom. The summed E-state index contributed by atoms with van der Waals surface area (Å²) in [5.41, 5.74) is 0. The van der Waals surface area contributed by atoms with Crippen molar-refractivity contribution in [2.75, 3.05) is 26.0 Å². The lowest BCUT2D eigenvalue weighted by Crippen LogP contribution is -2.50. The molecule has 0 unspecified atom stereocenters. The lowest BCUT2D eigenvalue weighted by atomic mass is 10.1. The SMILES string of the molecule is CS(=O)(=O)N1CC(CO)C1. The van der Waals surface area contributed by atoms with Crippen LogP contribution in [0.2, 0.25) is 0 Å². The standard InChI is InChI=1S/C5H11NO3S/c1-10(8,9)6-2-5(3-6)4-7/h5,7H,2-4H2,1H3. The molecule has 1 aliphatic heterocycles. The molecule has 0 saturated carbocycles. The van der Waals surface area contributed by atoms with Crippen LogP contribution in [0, 0.1) is 5.92 Å². The predicted octanol–water partition coefficient (Wildman–Crippen LogP) is -1.13. The van der Waals surface area contributed by atoms with Gasteiger partial charge in [0.15, 0.2) is 0 Å². The fraction of sp³-hybridized carbons (Fsp3) is 1.00. The second kappa shape index (κ2) is 2.48. The van der Waals surface area contributed by atoms with E-state index in [9.17, 15) is 8.42 Å². The van der Waals surface area contributed by atoms with E-state index in [-0.39, 0.29) is 12.5 Å². The summed E-state index contributed by atoms with van der Waals surface area (Å²) in [6.07, 6.45) is 1.18. The Morgan fingerprint density at radius 3 is 2.40 bits per heavy atom. The molecular formula is C5H11NO3S. The van der Waals surface area contributed by atoms with Crippen LogP contribution in [0.1, 0.15) is 0 Å². The van der Waals surface area contributed by atoms with Crippen molar-refractivity contribution >= 4 is 10.0 Å². The molecule has 1 saturated heterocycles. The van der Waals surface area contributed by atoms with Crippen molar-refractivity contribution in [2.45, 2.75) is 0 Å². The first-order chi connectivity index (χ1) is 4.54. The molecule has 0 radical (unpaired) electrons. The van der Waals surface area contributed by atoms with E-state index in [0.29, 0.717) is 13.1 Å². The van der Waals surface area contributed by atoms with E-state index in [1.807, 2.05) is 0 Å². The minimum Gasteiger partial charge on any atom is -0.396 e. The first-order valence-corrected chi connectivity index (χ1v) is 4.95. The lowest BCUT2D eigenvalue weighted by molar-refractivity contribution is 0.118. The number of aliphatic hydroxyl groups is 1. The summed E-state index contributed by atoms with van der Waals surface area (Å²) in [5, 5.41) is 8.55. The maximum Gasteiger partial charge on any atom is 0.211 e. The molecular weight excluding hydrogens is 154 g/mol. The van der Waals surface area contributed by atoms with Crippen LogP contribution in [-0.2, 0) is 10.0 Å². The van der Waals surface area contributed by atoms with Gasteiger partial charge in [0.25, 0.3) is 0 Å². The highest BCUT2D eigenvalue weighted by molar-refractivity contribution is 7.88. The van der Waals surface area contributed by atoms with E-state index in [1.54, 1.807) is 0 Å². The summed E-state index contributed by atoms with van der Waals surface area (Å²) in [4.78, 5) is 0. The molecule has 1 heterocycles. The molecule has 5 heteroatoms. The first-order valence-electron chi connectivity index (χ1n) is 3.10. The zero-order valence-electron chi connectivity index (χ0n) is 5.82. The van der Waals surface area contributed by atoms with Gasteiger partial charge >= 0.3 is 0 Å². The fourth-order valence-corrected chi connectivity index (χ4v) is 1.87. The number of aliphatic hydroxyl groups excluding tert-OH is 1. The lowest BCUT2D eigenvalue weighted by Gasteiger charge is -2.35.